The van der Waals surface area contributed by atoms with Crippen molar-refractivity contribution >= 4 is 5.91 Å². The van der Waals surface area contributed by atoms with Gasteiger partial charge >= 0.3 is 0 Å². The predicted molar refractivity (Wildman–Crippen MR) is 72.8 cm³/mol. The summed E-state index contributed by atoms with van der Waals surface area (Å²) in [5.41, 5.74) is 0. The van der Waals surface area contributed by atoms with Gasteiger partial charge in [0.15, 0.2) is 0 Å². The summed E-state index contributed by atoms with van der Waals surface area (Å²) in [4.78, 5) is 12.2. The molecule has 0 aromatic heterocycles. The molecule has 0 spiro atoms. The van der Waals surface area contributed by atoms with Crippen LogP contribution in [0.15, 0.2) is 0 Å². The molecule has 5 heteroatoms. The van der Waals surface area contributed by atoms with Crippen LogP contribution in [0.25, 0.3) is 0 Å². The van der Waals surface area contributed by atoms with Crippen molar-refractivity contribution in [1.29, 1.82) is 0 Å². The first-order chi connectivity index (χ1) is 9.24. The molecule has 4 atom stereocenters. The topological polar surface area (TPSA) is 70.6 Å². The van der Waals surface area contributed by atoms with E-state index in [-0.39, 0.29) is 24.6 Å². The minimum absolute atomic E-state index is 0.000114. The highest BCUT2D eigenvalue weighted by atomic mass is 16.5. The molecule has 2 rings (SSSR count). The van der Waals surface area contributed by atoms with E-state index in [1.807, 2.05) is 0 Å². The van der Waals surface area contributed by atoms with Crippen LogP contribution in [0.2, 0.25) is 0 Å². The molecule has 1 aliphatic heterocycles. The first-order valence-electron chi connectivity index (χ1n) is 7.40. The second kappa shape index (κ2) is 7.22. The van der Waals surface area contributed by atoms with Gasteiger partial charge in [0.1, 0.15) is 0 Å². The summed E-state index contributed by atoms with van der Waals surface area (Å²) in [5.74, 6) is 0.755. The minimum atomic E-state index is -0.302. The molecule has 1 saturated heterocycles. The number of hydrogen-bond donors (Lipinski definition) is 3. The van der Waals surface area contributed by atoms with Crippen LogP contribution in [0.5, 0.6) is 0 Å². The van der Waals surface area contributed by atoms with E-state index in [2.05, 4.69) is 10.6 Å². The van der Waals surface area contributed by atoms with Crippen molar-refractivity contribution < 1.29 is 14.6 Å². The number of nitrogens with one attached hydrogen (secondary N) is 2. The summed E-state index contributed by atoms with van der Waals surface area (Å²) in [7, 11) is 1.57. The maximum absolute atomic E-state index is 12.2. The van der Waals surface area contributed by atoms with Crippen LogP contribution in [0.1, 0.15) is 38.5 Å². The Morgan fingerprint density at radius 2 is 2.16 bits per heavy atom. The van der Waals surface area contributed by atoms with Crippen LogP contribution in [0.3, 0.4) is 0 Å². The molecule has 1 amide bonds. The standard InChI is InChI=1S/C14H26N2O3/c1-19-9-11(8-17)15-14(18)13-7-6-10-4-2-3-5-12(10)16-13/h10-13,16-17H,2-9H2,1H3,(H,15,18). The summed E-state index contributed by atoms with van der Waals surface area (Å²) >= 11 is 0. The minimum Gasteiger partial charge on any atom is -0.394 e. The molecule has 2 aliphatic rings. The van der Waals surface area contributed by atoms with Crippen LogP contribution in [-0.2, 0) is 9.53 Å². The smallest absolute Gasteiger partial charge is 0.237 e. The maximum atomic E-state index is 12.2. The highest BCUT2D eigenvalue weighted by Crippen LogP contribution is 2.32. The van der Waals surface area contributed by atoms with Crippen LogP contribution >= 0.6 is 0 Å². The summed E-state index contributed by atoms with van der Waals surface area (Å²) < 4.78 is 4.97. The van der Waals surface area contributed by atoms with Crippen molar-refractivity contribution in [3.8, 4) is 0 Å². The Balaban J connectivity index is 1.82. The van der Waals surface area contributed by atoms with Gasteiger partial charge < -0.3 is 20.5 Å². The van der Waals surface area contributed by atoms with Crippen LogP contribution < -0.4 is 10.6 Å². The van der Waals surface area contributed by atoms with E-state index in [0.717, 1.165) is 18.8 Å². The number of carbonyl (C=O) groups is 1. The van der Waals surface area contributed by atoms with Crippen molar-refractivity contribution in [2.45, 2.75) is 56.7 Å². The highest BCUT2D eigenvalue weighted by molar-refractivity contribution is 5.82. The van der Waals surface area contributed by atoms with Gasteiger partial charge in [-0.25, -0.2) is 0 Å². The Bertz CT molecular complexity index is 298. The summed E-state index contributed by atoms with van der Waals surface area (Å²) in [5, 5.41) is 15.5. The van der Waals surface area contributed by atoms with Crippen LogP contribution in [0.4, 0.5) is 0 Å². The quantitative estimate of drug-likeness (QED) is 0.677. The monoisotopic (exact) mass is 270 g/mol. The Morgan fingerprint density at radius 1 is 1.37 bits per heavy atom. The van der Waals surface area contributed by atoms with E-state index >= 15 is 0 Å². The molecule has 0 aromatic carbocycles. The lowest BCUT2D eigenvalue weighted by molar-refractivity contribution is -0.126. The Kier molecular flexibility index (Phi) is 5.60. The average Bonchev–Trinajstić information content (AvgIpc) is 2.46. The van der Waals surface area contributed by atoms with Crippen LogP contribution in [0, 0.1) is 5.92 Å². The second-order valence-electron chi connectivity index (χ2n) is 5.79. The molecule has 110 valence electrons. The maximum Gasteiger partial charge on any atom is 0.237 e. The van der Waals surface area contributed by atoms with Gasteiger partial charge in [0.2, 0.25) is 5.91 Å². The largest absolute Gasteiger partial charge is 0.394 e. The van der Waals surface area contributed by atoms with Crippen molar-refractivity contribution in [2.24, 2.45) is 5.92 Å². The fraction of sp³-hybridized carbons (Fsp3) is 0.929. The van der Waals surface area contributed by atoms with E-state index in [0.29, 0.717) is 12.6 Å². The predicted octanol–water partition coefficient (Wildman–Crippen LogP) is 0.421. The number of amides is 1. The number of methoxy groups -OCH3 is 1. The third-order valence-corrected chi connectivity index (χ3v) is 4.40. The molecule has 4 unspecified atom stereocenters. The average molecular weight is 270 g/mol. The zero-order chi connectivity index (χ0) is 13.7. The second-order valence-corrected chi connectivity index (χ2v) is 5.79. The van der Waals surface area contributed by atoms with Gasteiger partial charge in [-0.05, 0) is 31.6 Å². The number of hydrogen-bond acceptors (Lipinski definition) is 4. The summed E-state index contributed by atoms with van der Waals surface area (Å²) in [6, 6.07) is 0.0990. The number of piperidine rings is 1. The van der Waals surface area contributed by atoms with Crippen molar-refractivity contribution in [2.75, 3.05) is 20.3 Å². The summed E-state index contributed by atoms with van der Waals surface area (Å²) in [6.07, 6.45) is 7.14. The van der Waals surface area contributed by atoms with Gasteiger partial charge in [0.25, 0.3) is 0 Å². The Hall–Kier alpha value is -0.650. The number of aliphatic hydroxyl groups excluding tert-OH is 1. The molecule has 1 heterocycles. The van der Waals surface area contributed by atoms with Crippen molar-refractivity contribution in [1.82, 2.24) is 10.6 Å². The van der Waals surface area contributed by atoms with E-state index in [9.17, 15) is 9.90 Å². The van der Waals surface area contributed by atoms with Gasteiger partial charge in [0, 0.05) is 13.2 Å². The molecule has 0 bridgehead atoms. The molecule has 5 nitrogen and oxygen atoms in total. The normalized spacial score (nSPS) is 32.4. The van der Waals surface area contributed by atoms with Gasteiger partial charge in [0.05, 0.1) is 25.3 Å². The van der Waals surface area contributed by atoms with Crippen LogP contribution in [-0.4, -0.2) is 49.5 Å². The lowest BCUT2D eigenvalue weighted by Crippen LogP contribution is -2.57. The third kappa shape index (κ3) is 3.91. The highest BCUT2D eigenvalue weighted by Gasteiger charge is 2.34. The lowest BCUT2D eigenvalue weighted by Gasteiger charge is -2.40. The first-order valence-corrected chi connectivity index (χ1v) is 7.40. The SMILES string of the molecule is COCC(CO)NC(=O)C1CCC2CCCCC2N1. The fourth-order valence-corrected chi connectivity index (χ4v) is 3.34. The summed E-state index contributed by atoms with van der Waals surface area (Å²) in [6.45, 7) is 0.263. The lowest BCUT2D eigenvalue weighted by atomic mass is 9.77. The molecular weight excluding hydrogens is 244 g/mol. The van der Waals surface area contributed by atoms with E-state index in [1.54, 1.807) is 7.11 Å². The van der Waals surface area contributed by atoms with Crippen molar-refractivity contribution in [3.05, 3.63) is 0 Å². The Labute approximate surface area is 115 Å². The molecule has 19 heavy (non-hydrogen) atoms. The van der Waals surface area contributed by atoms with E-state index < -0.39 is 0 Å². The molecule has 1 aliphatic carbocycles. The number of aliphatic hydroxyl groups is 1. The zero-order valence-corrected chi connectivity index (χ0v) is 11.7. The molecule has 0 aromatic rings. The number of rotatable bonds is 5. The zero-order valence-electron chi connectivity index (χ0n) is 11.7. The van der Waals surface area contributed by atoms with Gasteiger partial charge in [-0.15, -0.1) is 0 Å². The molecule has 3 N–H and O–H groups in total. The first kappa shape index (κ1) is 14.8. The van der Waals surface area contributed by atoms with Crippen molar-refractivity contribution in [3.63, 3.8) is 0 Å². The van der Waals surface area contributed by atoms with Gasteiger partial charge in [-0.3, -0.25) is 4.79 Å². The number of fused-ring (bicyclic) bond motifs is 1. The fourth-order valence-electron chi connectivity index (χ4n) is 3.34. The molecular formula is C14H26N2O3. The van der Waals surface area contributed by atoms with Gasteiger partial charge in [-0.2, -0.15) is 0 Å². The molecule has 0 radical (unpaired) electrons. The Morgan fingerprint density at radius 3 is 2.89 bits per heavy atom. The molecule has 1 saturated carbocycles. The number of ether oxygens (including phenoxy) is 1. The number of carbonyl (C=O) groups excluding carboxylic acids is 1. The molecule has 2 fully saturated rings. The van der Waals surface area contributed by atoms with Gasteiger partial charge in [-0.1, -0.05) is 12.8 Å². The van der Waals surface area contributed by atoms with E-state index in [1.165, 1.54) is 25.7 Å². The van der Waals surface area contributed by atoms with E-state index in [4.69, 9.17) is 4.74 Å². The third-order valence-electron chi connectivity index (χ3n) is 4.40.